The van der Waals surface area contributed by atoms with Crippen LogP contribution in [-0.2, 0) is 14.3 Å². The normalized spacial score (nSPS) is 17.2. The summed E-state index contributed by atoms with van der Waals surface area (Å²) in [5.74, 6) is -0.356. The first-order valence-corrected chi connectivity index (χ1v) is 10.9. The van der Waals surface area contributed by atoms with Gasteiger partial charge < -0.3 is 34.1 Å². The molecule has 0 spiro atoms. The lowest BCUT2D eigenvalue weighted by molar-refractivity contribution is -0.140. The smallest absolute Gasteiger partial charge is 0.295 e. The van der Waals surface area contributed by atoms with E-state index in [-0.39, 0.29) is 37.7 Å². The molecule has 2 aromatic rings. The third-order valence-corrected chi connectivity index (χ3v) is 5.42. The molecule has 1 unspecified atom stereocenters. The predicted molar refractivity (Wildman–Crippen MR) is 124 cm³/mol. The summed E-state index contributed by atoms with van der Waals surface area (Å²) >= 11 is 0. The number of ether oxygens (including phenoxy) is 4. The number of nitrogens with zero attached hydrogens (tertiary/aromatic N) is 1. The van der Waals surface area contributed by atoms with Gasteiger partial charge in [-0.3, -0.25) is 9.59 Å². The van der Waals surface area contributed by atoms with Crippen LogP contribution in [-0.4, -0.2) is 74.0 Å². The maximum Gasteiger partial charge on any atom is 0.295 e. The fourth-order valence-electron chi connectivity index (χ4n) is 3.85. The van der Waals surface area contributed by atoms with Crippen molar-refractivity contribution in [3.8, 4) is 17.2 Å². The first kappa shape index (κ1) is 25.1. The number of likely N-dealkylation sites (tertiary alicyclic amines) is 1. The first-order chi connectivity index (χ1) is 16.5. The summed E-state index contributed by atoms with van der Waals surface area (Å²) in [7, 11) is 2.99. The van der Waals surface area contributed by atoms with Crippen molar-refractivity contribution in [1.82, 2.24) is 4.90 Å². The van der Waals surface area contributed by atoms with Gasteiger partial charge in [-0.2, -0.15) is 0 Å². The van der Waals surface area contributed by atoms with Gasteiger partial charge in [0.2, 0.25) is 0 Å². The molecule has 0 aliphatic carbocycles. The third-order valence-electron chi connectivity index (χ3n) is 5.42. The van der Waals surface area contributed by atoms with Gasteiger partial charge in [-0.25, -0.2) is 0 Å². The second kappa shape index (κ2) is 11.5. The number of ketones is 1. The van der Waals surface area contributed by atoms with E-state index in [1.165, 1.54) is 19.1 Å². The summed E-state index contributed by atoms with van der Waals surface area (Å²) in [5, 5.41) is 20.1. The number of Topliss-reactive ketones (excluding diaryl/α,β-unsaturated/α-hetero) is 1. The Morgan fingerprint density at radius 1 is 1.00 bits per heavy atom. The van der Waals surface area contributed by atoms with Crippen LogP contribution in [0, 0.1) is 0 Å². The lowest BCUT2D eigenvalue weighted by atomic mass is 9.94. The summed E-state index contributed by atoms with van der Waals surface area (Å²) in [5.41, 5.74) is 0.781. The Morgan fingerprint density at radius 2 is 1.71 bits per heavy atom. The average Bonchev–Trinajstić information content (AvgIpc) is 3.11. The summed E-state index contributed by atoms with van der Waals surface area (Å²) in [4.78, 5) is 27.5. The molecule has 1 atom stereocenters. The Bertz CT molecular complexity index is 1050. The molecule has 9 heteroatoms. The standard InChI is InChI=1S/C25H29NO8/c1-4-34-17-7-5-16(6-8-17)23(28)21-22(19-15-18(31-2)9-10-20(19)32-3)26(25(30)24(21)29)11-13-33-14-12-27/h5-10,15,22,27-28H,4,11-14H2,1-3H3/b23-21+. The minimum absolute atomic E-state index is 0.0651. The van der Waals surface area contributed by atoms with Crippen molar-refractivity contribution in [3.05, 3.63) is 59.2 Å². The predicted octanol–water partition coefficient (Wildman–Crippen LogP) is 2.53. The largest absolute Gasteiger partial charge is 0.507 e. The Balaban J connectivity index is 2.13. The van der Waals surface area contributed by atoms with Crippen LogP contribution in [0.5, 0.6) is 17.2 Å². The van der Waals surface area contributed by atoms with E-state index in [0.717, 1.165) is 0 Å². The molecule has 1 amide bonds. The highest BCUT2D eigenvalue weighted by molar-refractivity contribution is 6.46. The van der Waals surface area contributed by atoms with Crippen molar-refractivity contribution in [3.63, 3.8) is 0 Å². The van der Waals surface area contributed by atoms with Crippen molar-refractivity contribution in [2.24, 2.45) is 0 Å². The minimum atomic E-state index is -0.936. The number of carbonyl (C=O) groups is 2. The molecular formula is C25H29NO8. The molecule has 182 valence electrons. The molecule has 2 aromatic carbocycles. The van der Waals surface area contributed by atoms with Crippen molar-refractivity contribution < 1.29 is 38.7 Å². The van der Waals surface area contributed by atoms with Crippen LogP contribution in [0.1, 0.15) is 24.1 Å². The molecule has 1 aliphatic rings. The van der Waals surface area contributed by atoms with Crippen LogP contribution in [0.2, 0.25) is 0 Å². The number of aliphatic hydroxyl groups is 2. The van der Waals surface area contributed by atoms with Gasteiger partial charge in [-0.15, -0.1) is 0 Å². The SMILES string of the molecule is CCOc1ccc(/C(O)=C2\C(=O)C(=O)N(CCOCCO)C2c2cc(OC)ccc2OC)cc1. The Labute approximate surface area is 198 Å². The lowest BCUT2D eigenvalue weighted by Crippen LogP contribution is -2.33. The fourth-order valence-corrected chi connectivity index (χ4v) is 3.85. The Kier molecular flexibility index (Phi) is 8.50. The Morgan fingerprint density at radius 3 is 2.32 bits per heavy atom. The van der Waals surface area contributed by atoms with Crippen LogP contribution in [0.15, 0.2) is 48.0 Å². The van der Waals surface area contributed by atoms with Gasteiger partial charge in [0.25, 0.3) is 11.7 Å². The Hall–Kier alpha value is -3.56. The van der Waals surface area contributed by atoms with Crippen LogP contribution in [0.4, 0.5) is 0 Å². The van der Waals surface area contributed by atoms with Crippen LogP contribution in [0.25, 0.3) is 5.76 Å². The van der Waals surface area contributed by atoms with Crippen molar-refractivity contribution >= 4 is 17.4 Å². The maximum atomic E-state index is 13.1. The van der Waals surface area contributed by atoms with Gasteiger partial charge in [-0.05, 0) is 49.4 Å². The van der Waals surface area contributed by atoms with E-state index in [0.29, 0.717) is 35.0 Å². The fraction of sp³-hybridized carbons (Fsp3) is 0.360. The van der Waals surface area contributed by atoms with E-state index in [9.17, 15) is 14.7 Å². The summed E-state index contributed by atoms with van der Waals surface area (Å²) < 4.78 is 21.6. The number of carbonyl (C=O) groups excluding carboxylic acids is 2. The molecule has 0 aromatic heterocycles. The topological polar surface area (TPSA) is 115 Å². The van der Waals surface area contributed by atoms with Gasteiger partial charge in [0.05, 0.1) is 52.3 Å². The maximum absolute atomic E-state index is 13.1. The number of hydrogen-bond donors (Lipinski definition) is 2. The molecule has 3 rings (SSSR count). The molecule has 1 saturated heterocycles. The van der Waals surface area contributed by atoms with Crippen LogP contribution >= 0.6 is 0 Å². The van der Waals surface area contributed by atoms with Crippen molar-refractivity contribution in [2.45, 2.75) is 13.0 Å². The van der Waals surface area contributed by atoms with E-state index in [1.54, 1.807) is 42.5 Å². The molecule has 34 heavy (non-hydrogen) atoms. The molecule has 1 aliphatic heterocycles. The molecule has 0 saturated carbocycles. The molecule has 9 nitrogen and oxygen atoms in total. The van der Waals surface area contributed by atoms with Gasteiger partial charge in [0.15, 0.2) is 0 Å². The van der Waals surface area contributed by atoms with Gasteiger partial charge >= 0.3 is 0 Å². The van der Waals surface area contributed by atoms with Crippen molar-refractivity contribution in [2.75, 3.05) is 47.2 Å². The number of amides is 1. The van der Waals surface area contributed by atoms with Gasteiger partial charge in [0, 0.05) is 17.7 Å². The molecule has 0 radical (unpaired) electrons. The number of hydrogen-bond acceptors (Lipinski definition) is 8. The number of benzene rings is 2. The summed E-state index contributed by atoms with van der Waals surface area (Å²) in [6.07, 6.45) is 0. The van der Waals surface area contributed by atoms with Gasteiger partial charge in [-0.1, -0.05) is 0 Å². The van der Waals surface area contributed by atoms with E-state index in [2.05, 4.69) is 0 Å². The van der Waals surface area contributed by atoms with Crippen molar-refractivity contribution in [1.29, 1.82) is 0 Å². The van der Waals surface area contributed by atoms with Crippen LogP contribution in [0.3, 0.4) is 0 Å². The highest BCUT2D eigenvalue weighted by atomic mass is 16.5. The lowest BCUT2D eigenvalue weighted by Gasteiger charge is -2.26. The highest BCUT2D eigenvalue weighted by Gasteiger charge is 2.47. The van der Waals surface area contributed by atoms with E-state index < -0.39 is 17.7 Å². The second-order valence-corrected chi connectivity index (χ2v) is 7.39. The third kappa shape index (κ3) is 5.16. The molecule has 0 bridgehead atoms. The zero-order valence-electron chi connectivity index (χ0n) is 19.4. The highest BCUT2D eigenvalue weighted by Crippen LogP contribution is 2.43. The minimum Gasteiger partial charge on any atom is -0.507 e. The monoisotopic (exact) mass is 471 g/mol. The molecule has 2 N–H and O–H groups in total. The summed E-state index contributed by atoms with van der Waals surface area (Å²) in [6.45, 7) is 2.45. The van der Waals surface area contributed by atoms with Crippen LogP contribution < -0.4 is 14.2 Å². The molecule has 1 heterocycles. The first-order valence-electron chi connectivity index (χ1n) is 10.9. The number of rotatable bonds is 11. The second-order valence-electron chi connectivity index (χ2n) is 7.39. The summed E-state index contributed by atoms with van der Waals surface area (Å²) in [6, 6.07) is 10.7. The number of aliphatic hydroxyl groups excluding tert-OH is 2. The zero-order valence-corrected chi connectivity index (χ0v) is 19.4. The molecular weight excluding hydrogens is 442 g/mol. The van der Waals surface area contributed by atoms with E-state index in [4.69, 9.17) is 24.1 Å². The molecule has 1 fully saturated rings. The number of methoxy groups -OCH3 is 2. The van der Waals surface area contributed by atoms with E-state index >= 15 is 0 Å². The zero-order chi connectivity index (χ0) is 24.7. The van der Waals surface area contributed by atoms with Gasteiger partial charge in [0.1, 0.15) is 23.0 Å². The average molecular weight is 472 g/mol. The van der Waals surface area contributed by atoms with E-state index in [1.807, 2.05) is 6.92 Å². The quantitative estimate of drug-likeness (QED) is 0.222.